The summed E-state index contributed by atoms with van der Waals surface area (Å²) in [4.78, 5) is 0. The van der Waals surface area contributed by atoms with Crippen molar-refractivity contribution < 1.29 is 4.74 Å². The summed E-state index contributed by atoms with van der Waals surface area (Å²) in [5, 5.41) is 3.79. The highest BCUT2D eigenvalue weighted by Gasteiger charge is 2.28. The van der Waals surface area contributed by atoms with Crippen LogP contribution in [0.2, 0.25) is 0 Å². The van der Waals surface area contributed by atoms with Crippen molar-refractivity contribution in [1.82, 2.24) is 5.32 Å². The van der Waals surface area contributed by atoms with Gasteiger partial charge < -0.3 is 10.1 Å². The number of methoxy groups -OCH3 is 1. The summed E-state index contributed by atoms with van der Waals surface area (Å²) < 4.78 is 5.39. The molecule has 14 heavy (non-hydrogen) atoms. The second-order valence-corrected chi connectivity index (χ2v) is 5.15. The number of hydrogen-bond acceptors (Lipinski definition) is 2. The fraction of sp³-hybridized carbons (Fsp3) is 1.00. The minimum Gasteiger partial charge on any atom is -0.381 e. The fourth-order valence-corrected chi connectivity index (χ4v) is 3.00. The molecule has 0 aromatic carbocycles. The van der Waals surface area contributed by atoms with Gasteiger partial charge in [0, 0.05) is 19.2 Å². The Labute approximate surface area is 87.4 Å². The Morgan fingerprint density at radius 3 is 2.29 bits per heavy atom. The van der Waals surface area contributed by atoms with Crippen LogP contribution in [-0.4, -0.2) is 25.3 Å². The lowest BCUT2D eigenvalue weighted by atomic mass is 10.1. The molecule has 2 aliphatic rings. The van der Waals surface area contributed by atoms with Gasteiger partial charge in [0.05, 0.1) is 6.10 Å². The molecule has 0 heterocycles. The summed E-state index contributed by atoms with van der Waals surface area (Å²) in [6.07, 6.45) is 8.48. The second-order valence-electron chi connectivity index (χ2n) is 5.15. The van der Waals surface area contributed by atoms with E-state index in [-0.39, 0.29) is 0 Å². The lowest BCUT2D eigenvalue weighted by molar-refractivity contribution is 0.106. The van der Waals surface area contributed by atoms with Gasteiger partial charge in [-0.05, 0) is 44.4 Å². The summed E-state index contributed by atoms with van der Waals surface area (Å²) in [6.45, 7) is 2.37. The third-order valence-corrected chi connectivity index (χ3v) is 3.88. The standard InChI is InChI=1S/C12H23NO/c1-9-3-4-10(7-9)13-11-5-6-12(8-11)14-2/h9-13H,3-8H2,1-2H3. The topological polar surface area (TPSA) is 21.3 Å². The van der Waals surface area contributed by atoms with Crippen molar-refractivity contribution in [2.45, 2.75) is 63.6 Å². The molecule has 4 unspecified atom stereocenters. The monoisotopic (exact) mass is 197 g/mol. The summed E-state index contributed by atoms with van der Waals surface area (Å²) in [6, 6.07) is 1.53. The first kappa shape index (κ1) is 10.4. The van der Waals surface area contributed by atoms with E-state index in [9.17, 15) is 0 Å². The molecule has 2 rings (SSSR count). The summed E-state index contributed by atoms with van der Waals surface area (Å²) >= 11 is 0. The Hall–Kier alpha value is -0.0800. The molecule has 0 saturated heterocycles. The van der Waals surface area contributed by atoms with Crippen LogP contribution >= 0.6 is 0 Å². The van der Waals surface area contributed by atoms with E-state index in [0.717, 1.165) is 18.0 Å². The zero-order chi connectivity index (χ0) is 9.97. The molecule has 0 spiro atoms. The number of ether oxygens (including phenoxy) is 1. The normalized spacial score (nSPS) is 43.3. The maximum absolute atomic E-state index is 5.39. The average molecular weight is 197 g/mol. The van der Waals surface area contributed by atoms with Crippen LogP contribution < -0.4 is 5.32 Å². The van der Waals surface area contributed by atoms with Gasteiger partial charge >= 0.3 is 0 Å². The average Bonchev–Trinajstić information content (AvgIpc) is 2.76. The lowest BCUT2D eigenvalue weighted by Gasteiger charge is -2.18. The summed E-state index contributed by atoms with van der Waals surface area (Å²) in [5.41, 5.74) is 0. The van der Waals surface area contributed by atoms with Crippen molar-refractivity contribution in [3.05, 3.63) is 0 Å². The molecule has 2 saturated carbocycles. The summed E-state index contributed by atoms with van der Waals surface area (Å²) in [5.74, 6) is 0.937. The molecule has 1 N–H and O–H groups in total. The maximum Gasteiger partial charge on any atom is 0.0586 e. The lowest BCUT2D eigenvalue weighted by Crippen LogP contribution is -2.35. The molecule has 0 amide bonds. The Balaban J connectivity index is 1.71. The molecule has 0 aromatic rings. The highest BCUT2D eigenvalue weighted by Crippen LogP contribution is 2.28. The molecule has 2 fully saturated rings. The van der Waals surface area contributed by atoms with Crippen molar-refractivity contribution >= 4 is 0 Å². The molecule has 2 heteroatoms. The van der Waals surface area contributed by atoms with Gasteiger partial charge in [0.1, 0.15) is 0 Å². The highest BCUT2D eigenvalue weighted by atomic mass is 16.5. The Bertz CT molecular complexity index is 183. The van der Waals surface area contributed by atoms with Crippen LogP contribution in [0.15, 0.2) is 0 Å². The zero-order valence-electron chi connectivity index (χ0n) is 9.46. The molecule has 4 atom stereocenters. The predicted molar refractivity (Wildman–Crippen MR) is 58.4 cm³/mol. The molecule has 2 aliphatic carbocycles. The first-order valence-electron chi connectivity index (χ1n) is 6.06. The van der Waals surface area contributed by atoms with E-state index in [2.05, 4.69) is 12.2 Å². The van der Waals surface area contributed by atoms with E-state index in [4.69, 9.17) is 4.74 Å². The third-order valence-electron chi connectivity index (χ3n) is 3.88. The van der Waals surface area contributed by atoms with E-state index < -0.39 is 0 Å². The van der Waals surface area contributed by atoms with Gasteiger partial charge in [-0.2, -0.15) is 0 Å². The van der Waals surface area contributed by atoms with Crippen molar-refractivity contribution in [1.29, 1.82) is 0 Å². The van der Waals surface area contributed by atoms with Gasteiger partial charge in [-0.1, -0.05) is 6.92 Å². The molecule has 0 radical (unpaired) electrons. The van der Waals surface area contributed by atoms with Crippen LogP contribution in [0.3, 0.4) is 0 Å². The van der Waals surface area contributed by atoms with Crippen LogP contribution in [0.4, 0.5) is 0 Å². The van der Waals surface area contributed by atoms with Crippen LogP contribution in [0, 0.1) is 5.92 Å². The fourth-order valence-electron chi connectivity index (χ4n) is 3.00. The van der Waals surface area contributed by atoms with Crippen molar-refractivity contribution in [3.63, 3.8) is 0 Å². The smallest absolute Gasteiger partial charge is 0.0586 e. The molecule has 0 aromatic heterocycles. The Morgan fingerprint density at radius 1 is 1.00 bits per heavy atom. The van der Waals surface area contributed by atoms with Crippen LogP contribution in [-0.2, 0) is 4.74 Å². The van der Waals surface area contributed by atoms with Crippen molar-refractivity contribution in [3.8, 4) is 0 Å². The van der Waals surface area contributed by atoms with Crippen molar-refractivity contribution in [2.24, 2.45) is 5.92 Å². The van der Waals surface area contributed by atoms with Crippen LogP contribution in [0.5, 0.6) is 0 Å². The van der Waals surface area contributed by atoms with Crippen molar-refractivity contribution in [2.75, 3.05) is 7.11 Å². The quantitative estimate of drug-likeness (QED) is 0.750. The van der Waals surface area contributed by atoms with Gasteiger partial charge in [0.15, 0.2) is 0 Å². The van der Waals surface area contributed by atoms with Crippen LogP contribution in [0.25, 0.3) is 0 Å². The molecule has 2 nitrogen and oxygen atoms in total. The number of nitrogens with one attached hydrogen (secondary N) is 1. The molecule has 0 aliphatic heterocycles. The largest absolute Gasteiger partial charge is 0.381 e. The SMILES string of the molecule is COC1CCC(NC2CCC(C)C2)C1. The Morgan fingerprint density at radius 2 is 1.71 bits per heavy atom. The minimum atomic E-state index is 0.520. The van der Waals surface area contributed by atoms with Gasteiger partial charge in [-0.3, -0.25) is 0 Å². The van der Waals surface area contributed by atoms with E-state index in [1.54, 1.807) is 0 Å². The first-order valence-corrected chi connectivity index (χ1v) is 6.06. The number of rotatable bonds is 3. The molecular weight excluding hydrogens is 174 g/mol. The number of hydrogen-bond donors (Lipinski definition) is 1. The van der Waals surface area contributed by atoms with Gasteiger partial charge in [-0.25, -0.2) is 0 Å². The predicted octanol–water partition coefficient (Wildman–Crippen LogP) is 2.33. The van der Waals surface area contributed by atoms with E-state index >= 15 is 0 Å². The van der Waals surface area contributed by atoms with Gasteiger partial charge in [0.2, 0.25) is 0 Å². The minimum absolute atomic E-state index is 0.520. The molecule has 0 bridgehead atoms. The van der Waals surface area contributed by atoms with E-state index in [1.807, 2.05) is 7.11 Å². The Kier molecular flexibility index (Phi) is 3.45. The maximum atomic E-state index is 5.39. The van der Waals surface area contributed by atoms with Gasteiger partial charge in [-0.15, -0.1) is 0 Å². The van der Waals surface area contributed by atoms with Crippen LogP contribution in [0.1, 0.15) is 45.4 Å². The van der Waals surface area contributed by atoms with Gasteiger partial charge in [0.25, 0.3) is 0 Å². The second kappa shape index (κ2) is 4.63. The zero-order valence-corrected chi connectivity index (χ0v) is 9.46. The highest BCUT2D eigenvalue weighted by molar-refractivity contribution is 4.86. The first-order chi connectivity index (χ1) is 6.78. The van der Waals surface area contributed by atoms with E-state index in [1.165, 1.54) is 38.5 Å². The summed E-state index contributed by atoms with van der Waals surface area (Å²) in [7, 11) is 1.84. The third kappa shape index (κ3) is 2.48. The van der Waals surface area contributed by atoms with E-state index in [0.29, 0.717) is 6.10 Å². The molecule has 82 valence electrons. The molecular formula is C12H23NO.